The van der Waals surface area contributed by atoms with Crippen molar-refractivity contribution in [3.63, 3.8) is 0 Å². The predicted molar refractivity (Wildman–Crippen MR) is 78.0 cm³/mol. The van der Waals surface area contributed by atoms with E-state index in [0.29, 0.717) is 0 Å². The zero-order valence-electron chi connectivity index (χ0n) is 12.8. The fraction of sp³-hybridized carbons (Fsp3) is 0.933. The average Bonchev–Trinajstić information content (AvgIpc) is 2.67. The quantitative estimate of drug-likeness (QED) is 0.620. The van der Waals surface area contributed by atoms with Crippen LogP contribution in [0, 0.1) is 0 Å². The third-order valence-electron chi connectivity index (χ3n) is 3.67. The van der Waals surface area contributed by atoms with Crippen LogP contribution in [0.15, 0.2) is 0 Å². The standard InChI is InChI=1S/C15H30N2O2/c1-4-6-9-14-15(18)17(13(3)16-14)10-8-12-19-11-7-5-2/h13-14,16H,4-12H2,1-3H3. The van der Waals surface area contributed by atoms with Crippen LogP contribution in [-0.2, 0) is 9.53 Å². The summed E-state index contributed by atoms with van der Waals surface area (Å²) in [4.78, 5) is 14.2. The second-order valence-electron chi connectivity index (χ2n) is 5.39. The van der Waals surface area contributed by atoms with Crippen molar-refractivity contribution < 1.29 is 9.53 Å². The van der Waals surface area contributed by atoms with Crippen molar-refractivity contribution in [1.82, 2.24) is 10.2 Å². The van der Waals surface area contributed by atoms with E-state index in [1.165, 1.54) is 6.42 Å². The number of nitrogens with zero attached hydrogens (tertiary/aromatic N) is 1. The van der Waals surface area contributed by atoms with Crippen LogP contribution < -0.4 is 5.32 Å². The first-order chi connectivity index (χ1) is 9.20. The summed E-state index contributed by atoms with van der Waals surface area (Å²) >= 11 is 0. The molecule has 1 heterocycles. The summed E-state index contributed by atoms with van der Waals surface area (Å²) in [6, 6.07) is 0.0379. The van der Waals surface area contributed by atoms with Gasteiger partial charge in [-0.1, -0.05) is 33.1 Å². The van der Waals surface area contributed by atoms with Gasteiger partial charge in [-0.2, -0.15) is 0 Å². The van der Waals surface area contributed by atoms with Crippen LogP contribution in [0.1, 0.15) is 59.3 Å². The molecule has 4 nitrogen and oxygen atoms in total. The number of carbonyl (C=O) groups is 1. The highest BCUT2D eigenvalue weighted by Gasteiger charge is 2.35. The monoisotopic (exact) mass is 270 g/mol. The lowest BCUT2D eigenvalue weighted by atomic mass is 10.1. The van der Waals surface area contributed by atoms with Crippen molar-refractivity contribution in [3.05, 3.63) is 0 Å². The largest absolute Gasteiger partial charge is 0.381 e. The van der Waals surface area contributed by atoms with Gasteiger partial charge in [0.1, 0.15) is 0 Å². The van der Waals surface area contributed by atoms with Gasteiger partial charge >= 0.3 is 0 Å². The Morgan fingerprint density at radius 3 is 2.53 bits per heavy atom. The molecular formula is C15H30N2O2. The van der Waals surface area contributed by atoms with Crippen molar-refractivity contribution in [2.24, 2.45) is 0 Å². The first-order valence-electron chi connectivity index (χ1n) is 7.85. The Hall–Kier alpha value is -0.610. The third kappa shape index (κ3) is 5.49. The molecule has 1 rings (SSSR count). The molecule has 2 atom stereocenters. The van der Waals surface area contributed by atoms with Crippen molar-refractivity contribution in [3.8, 4) is 0 Å². The maximum atomic E-state index is 12.2. The van der Waals surface area contributed by atoms with Crippen LogP contribution in [0.5, 0.6) is 0 Å². The third-order valence-corrected chi connectivity index (χ3v) is 3.67. The zero-order valence-corrected chi connectivity index (χ0v) is 12.8. The molecule has 1 amide bonds. The number of rotatable bonds is 10. The fourth-order valence-corrected chi connectivity index (χ4v) is 2.45. The van der Waals surface area contributed by atoms with E-state index in [-0.39, 0.29) is 18.1 Å². The molecule has 1 fully saturated rings. The lowest BCUT2D eigenvalue weighted by Gasteiger charge is -2.20. The number of hydrogen-bond acceptors (Lipinski definition) is 3. The summed E-state index contributed by atoms with van der Waals surface area (Å²) in [7, 11) is 0. The molecular weight excluding hydrogens is 240 g/mol. The second kappa shape index (κ2) is 9.32. The average molecular weight is 270 g/mol. The smallest absolute Gasteiger partial charge is 0.241 e. The van der Waals surface area contributed by atoms with Gasteiger partial charge in [-0.3, -0.25) is 10.1 Å². The van der Waals surface area contributed by atoms with Crippen LogP contribution >= 0.6 is 0 Å². The highest BCUT2D eigenvalue weighted by Crippen LogP contribution is 2.15. The molecule has 0 spiro atoms. The van der Waals surface area contributed by atoms with E-state index in [4.69, 9.17) is 4.74 Å². The molecule has 1 N–H and O–H groups in total. The second-order valence-corrected chi connectivity index (χ2v) is 5.39. The molecule has 0 aliphatic carbocycles. The molecule has 0 radical (unpaired) electrons. The lowest BCUT2D eigenvalue weighted by Crippen LogP contribution is -2.35. The van der Waals surface area contributed by atoms with Gasteiger partial charge in [0.05, 0.1) is 12.2 Å². The number of carbonyl (C=O) groups excluding carboxylic acids is 1. The van der Waals surface area contributed by atoms with E-state index in [1.807, 2.05) is 4.90 Å². The first-order valence-corrected chi connectivity index (χ1v) is 7.85. The Morgan fingerprint density at radius 2 is 1.84 bits per heavy atom. The van der Waals surface area contributed by atoms with E-state index in [2.05, 4.69) is 26.1 Å². The molecule has 1 aliphatic heterocycles. The molecule has 0 aromatic heterocycles. The number of ether oxygens (including phenoxy) is 1. The van der Waals surface area contributed by atoms with Crippen LogP contribution in [-0.4, -0.2) is 42.8 Å². The highest BCUT2D eigenvalue weighted by atomic mass is 16.5. The van der Waals surface area contributed by atoms with Crippen molar-refractivity contribution in [2.75, 3.05) is 19.8 Å². The molecule has 1 saturated heterocycles. The Bertz CT molecular complexity index is 259. The number of nitrogens with one attached hydrogen (secondary N) is 1. The number of unbranched alkanes of at least 4 members (excludes halogenated alkanes) is 2. The molecule has 1 aliphatic rings. The Kier molecular flexibility index (Phi) is 8.07. The molecule has 0 aromatic carbocycles. The maximum Gasteiger partial charge on any atom is 0.241 e. The summed E-state index contributed by atoms with van der Waals surface area (Å²) in [5.74, 6) is 0.273. The summed E-state index contributed by atoms with van der Waals surface area (Å²) in [6.45, 7) is 8.81. The Morgan fingerprint density at radius 1 is 1.16 bits per heavy atom. The van der Waals surface area contributed by atoms with Gasteiger partial charge < -0.3 is 9.64 Å². The summed E-state index contributed by atoms with van der Waals surface area (Å²) in [5, 5.41) is 3.39. The summed E-state index contributed by atoms with van der Waals surface area (Å²) in [6.07, 6.45) is 6.62. The van der Waals surface area contributed by atoms with Gasteiger partial charge in [0.15, 0.2) is 0 Å². The minimum atomic E-state index is 0.0379. The van der Waals surface area contributed by atoms with Crippen LogP contribution in [0.3, 0.4) is 0 Å². The zero-order chi connectivity index (χ0) is 14.1. The lowest BCUT2D eigenvalue weighted by molar-refractivity contribution is -0.130. The fourth-order valence-electron chi connectivity index (χ4n) is 2.45. The number of amides is 1. The van der Waals surface area contributed by atoms with Gasteiger partial charge in [-0.15, -0.1) is 0 Å². The molecule has 2 unspecified atom stereocenters. The van der Waals surface area contributed by atoms with Gasteiger partial charge in [-0.25, -0.2) is 0 Å². The van der Waals surface area contributed by atoms with Gasteiger partial charge in [0, 0.05) is 19.8 Å². The Balaban J connectivity index is 2.20. The first kappa shape index (κ1) is 16.4. The van der Waals surface area contributed by atoms with Crippen molar-refractivity contribution in [2.45, 2.75) is 71.5 Å². The topological polar surface area (TPSA) is 41.6 Å². The molecule has 19 heavy (non-hydrogen) atoms. The maximum absolute atomic E-state index is 12.2. The van der Waals surface area contributed by atoms with E-state index in [0.717, 1.165) is 51.9 Å². The SMILES string of the molecule is CCCCOCCCN1C(=O)C(CCCC)NC1C. The van der Waals surface area contributed by atoms with E-state index >= 15 is 0 Å². The minimum absolute atomic E-state index is 0.0379. The molecule has 112 valence electrons. The van der Waals surface area contributed by atoms with Crippen molar-refractivity contribution >= 4 is 5.91 Å². The van der Waals surface area contributed by atoms with Gasteiger partial charge in [-0.05, 0) is 26.2 Å². The molecule has 0 bridgehead atoms. The van der Waals surface area contributed by atoms with Crippen LogP contribution in [0.25, 0.3) is 0 Å². The Labute approximate surface area is 117 Å². The normalized spacial score (nSPS) is 23.3. The number of hydrogen-bond donors (Lipinski definition) is 1. The van der Waals surface area contributed by atoms with Gasteiger partial charge in [0.2, 0.25) is 5.91 Å². The highest BCUT2D eigenvalue weighted by molar-refractivity contribution is 5.84. The van der Waals surface area contributed by atoms with E-state index in [1.54, 1.807) is 0 Å². The van der Waals surface area contributed by atoms with Gasteiger partial charge in [0.25, 0.3) is 0 Å². The van der Waals surface area contributed by atoms with E-state index < -0.39 is 0 Å². The predicted octanol–water partition coefficient (Wildman–Crippen LogP) is 2.53. The molecule has 4 heteroatoms. The summed E-state index contributed by atoms with van der Waals surface area (Å²) < 4.78 is 5.54. The van der Waals surface area contributed by atoms with Crippen LogP contribution in [0.4, 0.5) is 0 Å². The molecule has 0 aromatic rings. The summed E-state index contributed by atoms with van der Waals surface area (Å²) in [5.41, 5.74) is 0. The minimum Gasteiger partial charge on any atom is -0.381 e. The molecule has 0 saturated carbocycles. The van der Waals surface area contributed by atoms with Crippen molar-refractivity contribution in [1.29, 1.82) is 0 Å². The van der Waals surface area contributed by atoms with Crippen LogP contribution in [0.2, 0.25) is 0 Å². The van der Waals surface area contributed by atoms with E-state index in [9.17, 15) is 4.79 Å².